The van der Waals surface area contributed by atoms with Gasteiger partial charge < -0.3 is 10.2 Å². The largest absolute Gasteiger partial charge is 0.355 e. The maximum atomic E-state index is 4.67. The molecule has 1 fully saturated rings. The number of hydrogen-bond donors (Lipinski definition) is 1. The molecular weight excluding hydrogens is 238 g/mol. The molecule has 1 unspecified atom stereocenters. The van der Waals surface area contributed by atoms with E-state index < -0.39 is 0 Å². The van der Waals surface area contributed by atoms with Crippen LogP contribution in [0.15, 0.2) is 24.5 Å². The summed E-state index contributed by atoms with van der Waals surface area (Å²) in [6.07, 6.45) is 7.68. The first-order chi connectivity index (χ1) is 9.36. The van der Waals surface area contributed by atoms with Crippen LogP contribution in [0.3, 0.4) is 0 Å². The van der Waals surface area contributed by atoms with Crippen LogP contribution in [-0.2, 0) is 0 Å². The van der Waals surface area contributed by atoms with Crippen molar-refractivity contribution in [1.29, 1.82) is 0 Å². The second kappa shape index (κ2) is 5.57. The number of aromatic nitrogens is 3. The van der Waals surface area contributed by atoms with Crippen LogP contribution in [0, 0.1) is 0 Å². The third-order valence-electron chi connectivity index (χ3n) is 3.80. The zero-order valence-corrected chi connectivity index (χ0v) is 11.4. The average molecular weight is 259 g/mol. The molecule has 3 rings (SSSR count). The van der Waals surface area contributed by atoms with Gasteiger partial charge >= 0.3 is 0 Å². The van der Waals surface area contributed by atoms with E-state index >= 15 is 0 Å². The Morgan fingerprint density at radius 1 is 1.42 bits per heavy atom. The van der Waals surface area contributed by atoms with Crippen molar-refractivity contribution in [2.45, 2.75) is 32.2 Å². The summed E-state index contributed by atoms with van der Waals surface area (Å²) >= 11 is 0. The molecule has 1 saturated heterocycles. The van der Waals surface area contributed by atoms with Gasteiger partial charge in [0.15, 0.2) is 5.65 Å². The van der Waals surface area contributed by atoms with Crippen LogP contribution >= 0.6 is 0 Å². The van der Waals surface area contributed by atoms with E-state index in [1.807, 2.05) is 18.3 Å². The SMILES string of the molecule is CCN(CC1CCCCN1)c1ccn2nccc2n1. The number of anilines is 1. The van der Waals surface area contributed by atoms with Crippen molar-refractivity contribution in [3.05, 3.63) is 24.5 Å². The summed E-state index contributed by atoms with van der Waals surface area (Å²) in [5.74, 6) is 1.04. The highest BCUT2D eigenvalue weighted by molar-refractivity contribution is 5.47. The first-order valence-corrected chi connectivity index (χ1v) is 7.15. The summed E-state index contributed by atoms with van der Waals surface area (Å²) in [6.45, 7) is 5.35. The molecule has 102 valence electrons. The van der Waals surface area contributed by atoms with Gasteiger partial charge in [-0.05, 0) is 32.4 Å². The molecule has 2 aromatic heterocycles. The van der Waals surface area contributed by atoms with Crippen molar-refractivity contribution in [2.75, 3.05) is 24.5 Å². The van der Waals surface area contributed by atoms with Crippen molar-refractivity contribution >= 4 is 11.5 Å². The summed E-state index contributed by atoms with van der Waals surface area (Å²) in [5.41, 5.74) is 0.910. The minimum absolute atomic E-state index is 0.594. The first kappa shape index (κ1) is 12.4. The lowest BCUT2D eigenvalue weighted by Gasteiger charge is -2.30. The molecule has 3 heterocycles. The standard InChI is InChI=1S/C14H21N5/c1-2-18(11-12-5-3-4-8-15-12)13-7-10-19-14(17-13)6-9-16-19/h6-7,9-10,12,15H,2-5,8,11H2,1H3. The van der Waals surface area contributed by atoms with Gasteiger partial charge in [-0.15, -0.1) is 0 Å². The van der Waals surface area contributed by atoms with Crippen LogP contribution in [0.5, 0.6) is 0 Å². The van der Waals surface area contributed by atoms with Crippen molar-refractivity contribution < 1.29 is 0 Å². The maximum Gasteiger partial charge on any atom is 0.157 e. The summed E-state index contributed by atoms with van der Waals surface area (Å²) < 4.78 is 1.80. The smallest absolute Gasteiger partial charge is 0.157 e. The second-order valence-corrected chi connectivity index (χ2v) is 5.11. The van der Waals surface area contributed by atoms with E-state index in [0.717, 1.165) is 31.1 Å². The second-order valence-electron chi connectivity index (χ2n) is 5.11. The fourth-order valence-corrected chi connectivity index (χ4v) is 2.71. The van der Waals surface area contributed by atoms with Crippen LogP contribution in [0.25, 0.3) is 5.65 Å². The molecule has 5 heteroatoms. The molecular formula is C14H21N5. The number of likely N-dealkylation sites (N-methyl/N-ethyl adjacent to an activating group) is 1. The lowest BCUT2D eigenvalue weighted by Crippen LogP contribution is -2.44. The third-order valence-corrected chi connectivity index (χ3v) is 3.80. The topological polar surface area (TPSA) is 45.5 Å². The van der Waals surface area contributed by atoms with Crippen molar-refractivity contribution in [1.82, 2.24) is 19.9 Å². The molecule has 0 spiro atoms. The molecule has 1 aliphatic rings. The average Bonchev–Trinajstić information content (AvgIpc) is 2.93. The number of rotatable bonds is 4. The maximum absolute atomic E-state index is 4.67. The number of nitrogens with zero attached hydrogens (tertiary/aromatic N) is 4. The predicted octanol–water partition coefficient (Wildman–Crippen LogP) is 1.70. The van der Waals surface area contributed by atoms with Gasteiger partial charge in [-0.3, -0.25) is 0 Å². The molecule has 0 radical (unpaired) electrons. The minimum atomic E-state index is 0.594. The van der Waals surface area contributed by atoms with Gasteiger partial charge in [-0.2, -0.15) is 5.10 Å². The van der Waals surface area contributed by atoms with Crippen molar-refractivity contribution in [2.24, 2.45) is 0 Å². The highest BCUT2D eigenvalue weighted by Gasteiger charge is 2.17. The zero-order chi connectivity index (χ0) is 13.1. The van der Waals surface area contributed by atoms with E-state index in [0.29, 0.717) is 6.04 Å². The molecule has 2 aromatic rings. The molecule has 1 atom stereocenters. The van der Waals surface area contributed by atoms with Gasteiger partial charge in [-0.1, -0.05) is 6.42 Å². The van der Waals surface area contributed by atoms with Gasteiger partial charge in [0.25, 0.3) is 0 Å². The lowest BCUT2D eigenvalue weighted by molar-refractivity contribution is 0.399. The fraction of sp³-hybridized carbons (Fsp3) is 0.571. The first-order valence-electron chi connectivity index (χ1n) is 7.15. The Labute approximate surface area is 113 Å². The molecule has 0 aromatic carbocycles. The molecule has 0 amide bonds. The highest BCUT2D eigenvalue weighted by Crippen LogP contribution is 2.15. The van der Waals surface area contributed by atoms with Crippen LogP contribution in [-0.4, -0.2) is 40.3 Å². The van der Waals surface area contributed by atoms with E-state index in [9.17, 15) is 0 Å². The predicted molar refractivity (Wildman–Crippen MR) is 76.5 cm³/mol. The number of piperidine rings is 1. The lowest BCUT2D eigenvalue weighted by atomic mass is 10.0. The van der Waals surface area contributed by atoms with E-state index in [4.69, 9.17) is 0 Å². The monoisotopic (exact) mass is 259 g/mol. The Morgan fingerprint density at radius 2 is 2.37 bits per heavy atom. The van der Waals surface area contributed by atoms with Crippen molar-refractivity contribution in [3.8, 4) is 0 Å². The molecule has 0 bridgehead atoms. The summed E-state index contributed by atoms with van der Waals surface area (Å²) in [4.78, 5) is 7.01. The Morgan fingerprint density at radius 3 is 3.16 bits per heavy atom. The summed E-state index contributed by atoms with van der Waals surface area (Å²) in [5, 5.41) is 7.78. The van der Waals surface area contributed by atoms with Crippen LogP contribution in [0.1, 0.15) is 26.2 Å². The summed E-state index contributed by atoms with van der Waals surface area (Å²) in [6, 6.07) is 4.58. The quantitative estimate of drug-likeness (QED) is 0.907. The van der Waals surface area contributed by atoms with E-state index in [1.165, 1.54) is 19.3 Å². The minimum Gasteiger partial charge on any atom is -0.355 e. The molecule has 5 nitrogen and oxygen atoms in total. The van der Waals surface area contributed by atoms with Crippen LogP contribution < -0.4 is 10.2 Å². The van der Waals surface area contributed by atoms with Gasteiger partial charge in [0, 0.05) is 31.4 Å². The van der Waals surface area contributed by atoms with E-state index in [1.54, 1.807) is 10.7 Å². The molecule has 1 aliphatic heterocycles. The molecule has 0 saturated carbocycles. The Bertz CT molecular complexity index is 529. The Kier molecular flexibility index (Phi) is 3.64. The number of hydrogen-bond acceptors (Lipinski definition) is 4. The highest BCUT2D eigenvalue weighted by atomic mass is 15.3. The number of fused-ring (bicyclic) bond motifs is 1. The van der Waals surface area contributed by atoms with Crippen molar-refractivity contribution in [3.63, 3.8) is 0 Å². The van der Waals surface area contributed by atoms with E-state index in [-0.39, 0.29) is 0 Å². The van der Waals surface area contributed by atoms with Crippen LogP contribution in [0.4, 0.5) is 5.82 Å². The molecule has 19 heavy (non-hydrogen) atoms. The van der Waals surface area contributed by atoms with Gasteiger partial charge in [0.2, 0.25) is 0 Å². The Hall–Kier alpha value is -1.62. The van der Waals surface area contributed by atoms with E-state index in [2.05, 4.69) is 27.2 Å². The van der Waals surface area contributed by atoms with Gasteiger partial charge in [-0.25, -0.2) is 9.50 Å². The molecule has 0 aliphatic carbocycles. The third kappa shape index (κ3) is 2.71. The fourth-order valence-electron chi connectivity index (χ4n) is 2.71. The number of nitrogens with one attached hydrogen (secondary N) is 1. The Balaban J connectivity index is 1.76. The van der Waals surface area contributed by atoms with Crippen LogP contribution in [0.2, 0.25) is 0 Å². The summed E-state index contributed by atoms with van der Waals surface area (Å²) in [7, 11) is 0. The zero-order valence-electron chi connectivity index (χ0n) is 11.4. The normalized spacial score (nSPS) is 19.7. The molecule has 1 N–H and O–H groups in total. The van der Waals surface area contributed by atoms with Gasteiger partial charge in [0.1, 0.15) is 5.82 Å². The van der Waals surface area contributed by atoms with Gasteiger partial charge in [0.05, 0.1) is 6.20 Å².